The van der Waals surface area contributed by atoms with Crippen molar-refractivity contribution in [2.75, 3.05) is 56.2 Å². The van der Waals surface area contributed by atoms with Crippen LogP contribution in [0.4, 0.5) is 24.7 Å². The van der Waals surface area contributed by atoms with Crippen molar-refractivity contribution in [1.29, 1.82) is 0 Å². The summed E-state index contributed by atoms with van der Waals surface area (Å²) < 4.78 is 43.5. The van der Waals surface area contributed by atoms with Crippen molar-refractivity contribution in [1.82, 2.24) is 9.88 Å². The molecule has 1 aromatic heterocycles. The summed E-state index contributed by atoms with van der Waals surface area (Å²) in [6.07, 6.45) is -2.30. The molecule has 0 bridgehead atoms. The number of aromatic nitrogens is 1. The Labute approximate surface area is 179 Å². The van der Waals surface area contributed by atoms with Gasteiger partial charge in [-0.15, -0.1) is 0 Å². The quantitative estimate of drug-likeness (QED) is 0.739. The van der Waals surface area contributed by atoms with Gasteiger partial charge in [-0.3, -0.25) is 4.79 Å². The van der Waals surface area contributed by atoms with Crippen LogP contribution < -0.4 is 9.80 Å². The normalized spacial score (nSPS) is 19.7. The number of pyridine rings is 1. The van der Waals surface area contributed by atoms with E-state index in [1.54, 1.807) is 12.0 Å². The van der Waals surface area contributed by atoms with Gasteiger partial charge in [0.2, 0.25) is 0 Å². The highest BCUT2D eigenvalue weighted by atomic mass is 19.4. The molecule has 9 heteroatoms. The van der Waals surface area contributed by atoms with Crippen LogP contribution in [0.25, 0.3) is 0 Å². The molecule has 1 aromatic carbocycles. The minimum absolute atomic E-state index is 0.0391. The Morgan fingerprint density at radius 2 is 1.71 bits per heavy atom. The highest BCUT2D eigenvalue weighted by Crippen LogP contribution is 2.29. The number of hydrogen-bond donors (Lipinski definition) is 0. The minimum Gasteiger partial charge on any atom is -0.380 e. The molecule has 3 heterocycles. The number of carbonyl (C=O) groups excluding carboxylic acids is 1. The lowest BCUT2D eigenvalue weighted by atomic mass is 10.1. The fraction of sp³-hybridized carbons (Fsp3) is 0.455. The van der Waals surface area contributed by atoms with Gasteiger partial charge in [0.05, 0.1) is 11.7 Å². The smallest absolute Gasteiger partial charge is 0.380 e. The molecule has 0 radical (unpaired) electrons. The van der Waals surface area contributed by atoms with E-state index in [0.29, 0.717) is 37.6 Å². The van der Waals surface area contributed by atoms with Gasteiger partial charge < -0.3 is 19.4 Å². The second kappa shape index (κ2) is 8.74. The van der Waals surface area contributed by atoms with Gasteiger partial charge in [0, 0.05) is 63.8 Å². The van der Waals surface area contributed by atoms with Gasteiger partial charge in [-0.05, 0) is 42.8 Å². The molecule has 2 aliphatic heterocycles. The van der Waals surface area contributed by atoms with Gasteiger partial charge in [-0.2, -0.15) is 13.2 Å². The zero-order valence-corrected chi connectivity index (χ0v) is 17.3. The third-order valence-electron chi connectivity index (χ3n) is 5.92. The second-order valence-corrected chi connectivity index (χ2v) is 7.82. The third kappa shape index (κ3) is 4.76. The Morgan fingerprint density at radius 1 is 1.00 bits per heavy atom. The van der Waals surface area contributed by atoms with E-state index < -0.39 is 11.7 Å². The summed E-state index contributed by atoms with van der Waals surface area (Å²) in [6, 6.07) is 10.0. The number of amides is 1. The molecule has 0 aliphatic carbocycles. The van der Waals surface area contributed by atoms with Crippen LogP contribution in [0, 0.1) is 0 Å². The van der Waals surface area contributed by atoms with Crippen LogP contribution in [0.3, 0.4) is 0 Å². The molecule has 2 aliphatic rings. The molecule has 31 heavy (non-hydrogen) atoms. The monoisotopic (exact) mass is 434 g/mol. The summed E-state index contributed by atoms with van der Waals surface area (Å²) in [5.74, 6) is 0.451. The molecule has 2 saturated heterocycles. The molecule has 4 rings (SSSR count). The number of alkyl halides is 3. The SMILES string of the molecule is COC1CCN(c2ccc(C(=O)N3CCN(c4ccc(C(F)(F)F)cn4)CC3)cc2)C1. The number of ether oxygens (including phenoxy) is 1. The van der Waals surface area contributed by atoms with Gasteiger partial charge in [0.15, 0.2) is 0 Å². The number of nitrogens with zero attached hydrogens (tertiary/aromatic N) is 4. The van der Waals surface area contributed by atoms with Gasteiger partial charge in [0.25, 0.3) is 5.91 Å². The Hall–Kier alpha value is -2.81. The molecule has 0 N–H and O–H groups in total. The summed E-state index contributed by atoms with van der Waals surface area (Å²) in [5, 5.41) is 0. The zero-order chi connectivity index (χ0) is 22.0. The number of methoxy groups -OCH3 is 1. The number of hydrogen-bond acceptors (Lipinski definition) is 5. The van der Waals surface area contributed by atoms with Crippen LogP contribution in [-0.4, -0.2) is 68.3 Å². The van der Waals surface area contributed by atoms with Crippen LogP contribution in [0.15, 0.2) is 42.6 Å². The van der Waals surface area contributed by atoms with Crippen molar-refractivity contribution in [2.45, 2.75) is 18.7 Å². The van der Waals surface area contributed by atoms with Gasteiger partial charge in [-0.25, -0.2) is 4.98 Å². The Kier molecular flexibility index (Phi) is 6.04. The molecule has 1 unspecified atom stereocenters. The Morgan fingerprint density at radius 3 is 2.26 bits per heavy atom. The summed E-state index contributed by atoms with van der Waals surface area (Å²) in [5.41, 5.74) is 0.946. The standard InChI is InChI=1S/C22H25F3N4O2/c1-31-19-8-9-29(15-19)18-5-2-16(3-6-18)21(30)28-12-10-27(11-13-28)20-7-4-17(14-26-20)22(23,24)25/h2-7,14,19H,8-13,15H2,1H3. The maximum Gasteiger partial charge on any atom is 0.417 e. The van der Waals surface area contributed by atoms with Crippen molar-refractivity contribution in [3.63, 3.8) is 0 Å². The molecule has 2 fully saturated rings. The first kappa shape index (κ1) is 21.4. The molecule has 6 nitrogen and oxygen atoms in total. The zero-order valence-electron chi connectivity index (χ0n) is 17.3. The fourth-order valence-electron chi connectivity index (χ4n) is 4.03. The van der Waals surface area contributed by atoms with E-state index in [4.69, 9.17) is 4.74 Å². The van der Waals surface area contributed by atoms with Gasteiger partial charge >= 0.3 is 6.18 Å². The maximum absolute atomic E-state index is 12.9. The van der Waals surface area contributed by atoms with Crippen molar-refractivity contribution in [3.05, 3.63) is 53.7 Å². The van der Waals surface area contributed by atoms with Crippen LogP contribution in [-0.2, 0) is 10.9 Å². The lowest BCUT2D eigenvalue weighted by Crippen LogP contribution is -2.49. The number of anilines is 2. The van der Waals surface area contributed by atoms with Crippen LogP contribution >= 0.6 is 0 Å². The molecular formula is C22H25F3N4O2. The second-order valence-electron chi connectivity index (χ2n) is 7.82. The van der Waals surface area contributed by atoms with Crippen LogP contribution in [0.2, 0.25) is 0 Å². The molecule has 166 valence electrons. The molecule has 0 saturated carbocycles. The number of piperazine rings is 1. The van der Waals surface area contributed by atoms with E-state index in [1.807, 2.05) is 29.2 Å². The van der Waals surface area contributed by atoms with Gasteiger partial charge in [-0.1, -0.05) is 0 Å². The number of carbonyl (C=O) groups is 1. The summed E-state index contributed by atoms with van der Waals surface area (Å²) >= 11 is 0. The van der Waals surface area contributed by atoms with E-state index in [-0.39, 0.29) is 12.0 Å². The highest BCUT2D eigenvalue weighted by molar-refractivity contribution is 5.94. The molecule has 0 spiro atoms. The van der Waals surface area contributed by atoms with Crippen molar-refractivity contribution >= 4 is 17.4 Å². The van der Waals surface area contributed by atoms with Gasteiger partial charge in [0.1, 0.15) is 5.82 Å². The first-order valence-electron chi connectivity index (χ1n) is 10.3. The van der Waals surface area contributed by atoms with Crippen LogP contribution in [0.1, 0.15) is 22.3 Å². The molecule has 1 atom stereocenters. The topological polar surface area (TPSA) is 48.9 Å². The average molecular weight is 434 g/mol. The van der Waals surface area contributed by atoms with Crippen LogP contribution in [0.5, 0.6) is 0 Å². The number of halogens is 3. The van der Waals surface area contributed by atoms with E-state index >= 15 is 0 Å². The molecule has 1 amide bonds. The lowest BCUT2D eigenvalue weighted by Gasteiger charge is -2.35. The van der Waals surface area contributed by atoms with Crippen molar-refractivity contribution in [2.24, 2.45) is 0 Å². The average Bonchev–Trinajstić information content (AvgIpc) is 3.28. The first-order valence-corrected chi connectivity index (χ1v) is 10.3. The predicted molar refractivity (Wildman–Crippen MR) is 111 cm³/mol. The number of benzene rings is 1. The fourth-order valence-corrected chi connectivity index (χ4v) is 4.03. The summed E-state index contributed by atoms with van der Waals surface area (Å²) in [7, 11) is 1.73. The largest absolute Gasteiger partial charge is 0.417 e. The maximum atomic E-state index is 12.9. The Balaban J connectivity index is 1.33. The van der Waals surface area contributed by atoms with E-state index in [9.17, 15) is 18.0 Å². The first-order chi connectivity index (χ1) is 14.8. The van der Waals surface area contributed by atoms with E-state index in [1.165, 1.54) is 6.07 Å². The lowest BCUT2D eigenvalue weighted by molar-refractivity contribution is -0.137. The number of rotatable bonds is 4. The minimum atomic E-state index is -4.40. The summed E-state index contributed by atoms with van der Waals surface area (Å²) in [6.45, 7) is 3.81. The van der Waals surface area contributed by atoms with E-state index in [2.05, 4.69) is 9.88 Å². The molecule has 2 aromatic rings. The Bertz CT molecular complexity index is 894. The highest BCUT2D eigenvalue weighted by Gasteiger charge is 2.31. The van der Waals surface area contributed by atoms with Crippen molar-refractivity contribution < 1.29 is 22.7 Å². The predicted octanol–water partition coefficient (Wildman–Crippen LogP) is 3.29. The summed E-state index contributed by atoms with van der Waals surface area (Å²) in [4.78, 5) is 22.7. The molecular weight excluding hydrogens is 409 g/mol. The van der Waals surface area contributed by atoms with E-state index in [0.717, 1.165) is 37.5 Å². The third-order valence-corrected chi connectivity index (χ3v) is 5.92. The van der Waals surface area contributed by atoms with Crippen molar-refractivity contribution in [3.8, 4) is 0 Å².